The van der Waals surface area contributed by atoms with Crippen LogP contribution in [0.4, 0.5) is 11.6 Å². The summed E-state index contributed by atoms with van der Waals surface area (Å²) in [6.45, 7) is 7.77. The summed E-state index contributed by atoms with van der Waals surface area (Å²) in [4.78, 5) is 21.9. The Hall–Kier alpha value is -1.85. The van der Waals surface area contributed by atoms with Gasteiger partial charge in [-0.05, 0) is 20.3 Å². The third-order valence-electron chi connectivity index (χ3n) is 2.72. The molecule has 6 nitrogen and oxygen atoms in total. The molecule has 0 spiro atoms. The molecule has 106 valence electrons. The highest BCUT2D eigenvalue weighted by molar-refractivity contribution is 5.81. The first-order valence-corrected chi connectivity index (χ1v) is 6.63. The maximum Gasteiger partial charge on any atom is 0.239 e. The molecule has 2 N–H and O–H groups in total. The van der Waals surface area contributed by atoms with E-state index in [9.17, 15) is 4.79 Å². The number of nitrogens with one attached hydrogen (secondary N) is 2. The number of nitrogens with zero attached hydrogens (tertiary/aromatic N) is 3. The minimum Gasteiger partial charge on any atom is -0.370 e. The summed E-state index contributed by atoms with van der Waals surface area (Å²) in [7, 11) is 1.86. The number of anilines is 2. The van der Waals surface area contributed by atoms with Crippen LogP contribution in [0.15, 0.2) is 6.33 Å². The number of hydrogen-bond acceptors (Lipinski definition) is 5. The normalized spacial score (nSPS) is 10.1. The summed E-state index contributed by atoms with van der Waals surface area (Å²) in [5, 5.41) is 6.03. The van der Waals surface area contributed by atoms with Gasteiger partial charge in [0.25, 0.3) is 0 Å². The highest BCUT2D eigenvalue weighted by Crippen LogP contribution is 2.20. The second-order valence-electron chi connectivity index (χ2n) is 4.41. The molecule has 0 fully saturated rings. The van der Waals surface area contributed by atoms with Crippen molar-refractivity contribution in [2.75, 3.05) is 36.9 Å². The van der Waals surface area contributed by atoms with Crippen LogP contribution in [0.3, 0.4) is 0 Å². The molecule has 0 aliphatic carbocycles. The molecule has 0 radical (unpaired) electrons. The first kappa shape index (κ1) is 15.2. The molecule has 0 aromatic carbocycles. The van der Waals surface area contributed by atoms with Crippen LogP contribution in [0.2, 0.25) is 0 Å². The number of hydrogen-bond donors (Lipinski definition) is 2. The van der Waals surface area contributed by atoms with Crippen molar-refractivity contribution in [3.63, 3.8) is 0 Å². The fourth-order valence-electron chi connectivity index (χ4n) is 1.79. The van der Waals surface area contributed by atoms with Gasteiger partial charge in [0.1, 0.15) is 18.0 Å². The van der Waals surface area contributed by atoms with Gasteiger partial charge in [-0.25, -0.2) is 9.97 Å². The van der Waals surface area contributed by atoms with Crippen LogP contribution in [0.25, 0.3) is 0 Å². The molecule has 1 rings (SSSR count). The smallest absolute Gasteiger partial charge is 0.239 e. The van der Waals surface area contributed by atoms with E-state index >= 15 is 0 Å². The lowest BCUT2D eigenvalue weighted by Gasteiger charge is -2.20. The van der Waals surface area contributed by atoms with Crippen molar-refractivity contribution in [2.45, 2.75) is 27.2 Å². The molecule has 1 aromatic heterocycles. The van der Waals surface area contributed by atoms with Crippen LogP contribution in [0, 0.1) is 6.92 Å². The minimum atomic E-state index is -0.00826. The third kappa shape index (κ3) is 4.39. The Balaban J connectivity index is 2.79. The fourth-order valence-corrected chi connectivity index (χ4v) is 1.79. The highest BCUT2D eigenvalue weighted by Gasteiger charge is 2.13. The van der Waals surface area contributed by atoms with E-state index in [1.165, 1.54) is 6.33 Å². The fraction of sp³-hybridized carbons (Fsp3) is 0.615. The first-order valence-electron chi connectivity index (χ1n) is 6.63. The van der Waals surface area contributed by atoms with Crippen molar-refractivity contribution >= 4 is 17.5 Å². The molecule has 0 bridgehead atoms. The van der Waals surface area contributed by atoms with Gasteiger partial charge in [0.15, 0.2) is 0 Å². The molecular weight excluding hydrogens is 242 g/mol. The Labute approximate surface area is 114 Å². The Bertz CT molecular complexity index is 421. The number of amides is 1. The van der Waals surface area contributed by atoms with E-state index in [-0.39, 0.29) is 5.91 Å². The first-order chi connectivity index (χ1) is 9.10. The van der Waals surface area contributed by atoms with Crippen LogP contribution in [-0.2, 0) is 4.79 Å². The zero-order valence-corrected chi connectivity index (χ0v) is 12.2. The second-order valence-corrected chi connectivity index (χ2v) is 4.41. The van der Waals surface area contributed by atoms with Crippen LogP contribution >= 0.6 is 0 Å². The van der Waals surface area contributed by atoms with E-state index in [1.54, 1.807) is 0 Å². The van der Waals surface area contributed by atoms with Crippen LogP contribution in [0.1, 0.15) is 25.8 Å². The van der Waals surface area contributed by atoms with E-state index < -0.39 is 0 Å². The van der Waals surface area contributed by atoms with Gasteiger partial charge in [0.05, 0.1) is 6.54 Å². The number of likely N-dealkylation sites (N-methyl/N-ethyl adjacent to an activating group) is 2. The molecule has 6 heteroatoms. The summed E-state index contributed by atoms with van der Waals surface area (Å²) in [6.07, 6.45) is 2.56. The standard InChI is InChI=1S/C13H23N5O/c1-5-7-15-12-10(3)13(17-9-16-12)18(4)8-11(19)14-6-2/h9H,5-8H2,1-4H3,(H,14,19)(H,15,16,17). The van der Waals surface area contributed by atoms with Crippen molar-refractivity contribution in [3.05, 3.63) is 11.9 Å². The topological polar surface area (TPSA) is 70.2 Å². The third-order valence-corrected chi connectivity index (χ3v) is 2.72. The summed E-state index contributed by atoms with van der Waals surface area (Å²) < 4.78 is 0. The van der Waals surface area contributed by atoms with Crippen molar-refractivity contribution in [2.24, 2.45) is 0 Å². The van der Waals surface area contributed by atoms with Crippen molar-refractivity contribution in [3.8, 4) is 0 Å². The summed E-state index contributed by atoms with van der Waals surface area (Å²) in [6, 6.07) is 0. The number of rotatable bonds is 7. The minimum absolute atomic E-state index is 0.00826. The molecule has 1 heterocycles. The average molecular weight is 265 g/mol. The quantitative estimate of drug-likeness (QED) is 0.774. The molecule has 0 saturated heterocycles. The Morgan fingerprint density at radius 1 is 1.37 bits per heavy atom. The van der Waals surface area contributed by atoms with Crippen molar-refractivity contribution in [1.82, 2.24) is 15.3 Å². The van der Waals surface area contributed by atoms with E-state index in [0.29, 0.717) is 13.1 Å². The predicted octanol–water partition coefficient (Wildman–Crippen LogP) is 1.18. The van der Waals surface area contributed by atoms with Crippen molar-refractivity contribution < 1.29 is 4.79 Å². The molecule has 0 atom stereocenters. The molecule has 0 unspecified atom stereocenters. The van der Waals surface area contributed by atoms with Gasteiger partial charge in [0.2, 0.25) is 5.91 Å². The zero-order chi connectivity index (χ0) is 14.3. The second kappa shape index (κ2) is 7.56. The van der Waals surface area contributed by atoms with Crippen molar-refractivity contribution in [1.29, 1.82) is 0 Å². The molecule has 0 aliphatic rings. The van der Waals surface area contributed by atoms with Gasteiger partial charge in [-0.1, -0.05) is 6.92 Å². The summed E-state index contributed by atoms with van der Waals surface area (Å²) in [5.74, 6) is 1.60. The van der Waals surface area contributed by atoms with Gasteiger partial charge in [-0.15, -0.1) is 0 Å². The maximum absolute atomic E-state index is 11.6. The largest absolute Gasteiger partial charge is 0.370 e. The van der Waals surface area contributed by atoms with Crippen LogP contribution < -0.4 is 15.5 Å². The number of carbonyl (C=O) groups is 1. The molecular formula is C13H23N5O. The zero-order valence-electron chi connectivity index (χ0n) is 12.2. The van der Waals surface area contributed by atoms with E-state index in [4.69, 9.17) is 0 Å². The Kier molecular flexibility index (Phi) is 6.05. The number of carbonyl (C=O) groups excluding carboxylic acids is 1. The summed E-state index contributed by atoms with van der Waals surface area (Å²) >= 11 is 0. The maximum atomic E-state index is 11.6. The van der Waals surface area contributed by atoms with Gasteiger partial charge in [0, 0.05) is 25.7 Å². The lowest BCUT2D eigenvalue weighted by atomic mass is 10.3. The highest BCUT2D eigenvalue weighted by atomic mass is 16.2. The molecule has 1 amide bonds. The molecule has 19 heavy (non-hydrogen) atoms. The molecule has 1 aromatic rings. The SMILES string of the molecule is CCCNc1ncnc(N(C)CC(=O)NCC)c1C. The van der Waals surface area contributed by atoms with Crippen LogP contribution in [-0.4, -0.2) is 42.6 Å². The van der Waals surface area contributed by atoms with E-state index in [1.807, 2.05) is 25.8 Å². The Morgan fingerprint density at radius 2 is 2.11 bits per heavy atom. The van der Waals surface area contributed by atoms with Gasteiger partial charge in [-0.2, -0.15) is 0 Å². The predicted molar refractivity (Wildman–Crippen MR) is 77.5 cm³/mol. The van der Waals surface area contributed by atoms with E-state index in [2.05, 4.69) is 27.5 Å². The lowest BCUT2D eigenvalue weighted by Crippen LogP contribution is -2.35. The average Bonchev–Trinajstić information content (AvgIpc) is 2.37. The lowest BCUT2D eigenvalue weighted by molar-refractivity contribution is -0.119. The monoisotopic (exact) mass is 265 g/mol. The summed E-state index contributed by atoms with van der Waals surface area (Å²) in [5.41, 5.74) is 0.961. The molecule has 0 saturated carbocycles. The van der Waals surface area contributed by atoms with Gasteiger partial charge in [-0.3, -0.25) is 4.79 Å². The van der Waals surface area contributed by atoms with E-state index in [0.717, 1.165) is 30.2 Å². The number of aromatic nitrogens is 2. The van der Waals surface area contributed by atoms with Gasteiger partial charge < -0.3 is 15.5 Å². The van der Waals surface area contributed by atoms with Gasteiger partial charge >= 0.3 is 0 Å². The van der Waals surface area contributed by atoms with Crippen LogP contribution in [0.5, 0.6) is 0 Å². The Morgan fingerprint density at radius 3 is 2.74 bits per heavy atom. The molecule has 0 aliphatic heterocycles.